The first-order valence-corrected chi connectivity index (χ1v) is 18.5. The lowest BCUT2D eigenvalue weighted by molar-refractivity contribution is -0.288. The molecule has 0 saturated heterocycles. The third-order valence-corrected chi connectivity index (χ3v) is 10.4. The molecule has 4 N–H and O–H groups in total. The number of hydrogen-bond donors (Lipinski definition) is 3. The second-order valence-electron chi connectivity index (χ2n) is 14.4. The standard InChI is InChI=1S/C44H27F6N7O6/c1-22-2-16-34(52-20-22)54-36(58)23-3-14-30-32(18-23)40(62)56(38(30)60)28-10-5-25(6-11-28)42(43(45,46)47,44(48,49)50)26-7-12-29(13-8-26)57-39(61)31-15-4-24(19-33(31)41(57)63)37(59)55-35-17-9-27(51)21-53-35/h2-21H,51H2,1H3,(H,52,54,58)(H,53,55,59). The van der Waals surface area contributed by atoms with Gasteiger partial charge in [0.2, 0.25) is 5.41 Å². The van der Waals surface area contributed by atoms with Gasteiger partial charge in [-0.05, 0) is 102 Å². The smallest absolute Gasteiger partial charge is 0.397 e. The number of rotatable bonds is 8. The van der Waals surface area contributed by atoms with E-state index in [9.17, 15) is 28.8 Å². The molecule has 0 bridgehead atoms. The highest BCUT2D eigenvalue weighted by molar-refractivity contribution is 6.35. The Hall–Kier alpha value is -8.22. The van der Waals surface area contributed by atoms with Crippen molar-refractivity contribution < 1.29 is 55.1 Å². The highest BCUT2D eigenvalue weighted by Crippen LogP contribution is 2.56. The molecule has 2 aliphatic rings. The molecule has 6 amide bonds. The molecule has 8 rings (SSSR count). The third-order valence-electron chi connectivity index (χ3n) is 10.4. The summed E-state index contributed by atoms with van der Waals surface area (Å²) < 4.78 is 90.8. The zero-order valence-corrected chi connectivity index (χ0v) is 32.1. The predicted molar refractivity (Wildman–Crippen MR) is 214 cm³/mol. The van der Waals surface area contributed by atoms with Gasteiger partial charge in [0.1, 0.15) is 11.6 Å². The Morgan fingerprint density at radius 2 is 0.921 bits per heavy atom. The highest BCUT2D eigenvalue weighted by atomic mass is 19.4. The molecule has 2 aliphatic heterocycles. The average molecular weight is 864 g/mol. The van der Waals surface area contributed by atoms with Crippen molar-refractivity contribution in [2.24, 2.45) is 0 Å². The fourth-order valence-corrected chi connectivity index (χ4v) is 7.33. The summed E-state index contributed by atoms with van der Waals surface area (Å²) in [5.41, 5.74) is -2.24. The number of benzene rings is 4. The van der Waals surface area contributed by atoms with E-state index in [1.807, 2.05) is 0 Å². The summed E-state index contributed by atoms with van der Waals surface area (Å²) in [5.74, 6) is -4.92. The Morgan fingerprint density at radius 3 is 1.29 bits per heavy atom. The number of hydrogen-bond acceptors (Lipinski definition) is 9. The van der Waals surface area contributed by atoms with E-state index in [-0.39, 0.29) is 56.4 Å². The van der Waals surface area contributed by atoms with Crippen molar-refractivity contribution in [2.75, 3.05) is 26.2 Å². The molecule has 0 unspecified atom stereocenters. The van der Waals surface area contributed by atoms with Crippen LogP contribution in [0.4, 0.5) is 55.0 Å². The van der Waals surface area contributed by atoms with Gasteiger partial charge in [0.05, 0.1) is 45.5 Å². The van der Waals surface area contributed by atoms with Gasteiger partial charge >= 0.3 is 12.4 Å². The van der Waals surface area contributed by atoms with Crippen LogP contribution in [0.25, 0.3) is 0 Å². The van der Waals surface area contributed by atoms with Crippen LogP contribution in [-0.4, -0.2) is 57.8 Å². The lowest BCUT2D eigenvalue weighted by atomic mass is 9.73. The number of aromatic nitrogens is 2. The van der Waals surface area contributed by atoms with Gasteiger partial charge in [-0.2, -0.15) is 26.3 Å². The number of imide groups is 2. The zero-order chi connectivity index (χ0) is 45.2. The molecule has 2 aromatic heterocycles. The SMILES string of the molecule is Cc1ccc(NC(=O)c2ccc3c(c2)C(=O)N(c2ccc(C(c4ccc(N5C(=O)c6ccc(C(=O)Nc7ccc(N)cn7)cc6C5=O)cc4)(C(F)(F)F)C(F)(F)F)cc2)C3=O)nc1. The van der Waals surface area contributed by atoms with Gasteiger partial charge in [-0.3, -0.25) is 28.8 Å². The normalized spacial score (nSPS) is 13.9. The maximum atomic E-state index is 15.1. The molecule has 6 aromatic rings. The van der Waals surface area contributed by atoms with E-state index in [0.717, 1.165) is 42.0 Å². The number of halogens is 6. The minimum absolute atomic E-state index is 0.0360. The number of pyridine rings is 2. The summed E-state index contributed by atoms with van der Waals surface area (Å²) in [6.07, 6.45) is -9.30. The van der Waals surface area contributed by atoms with Crippen molar-refractivity contribution >= 4 is 64.1 Å². The number of anilines is 5. The maximum absolute atomic E-state index is 15.1. The molecule has 0 aliphatic carbocycles. The molecular weight excluding hydrogens is 837 g/mol. The Kier molecular flexibility index (Phi) is 9.92. The average Bonchev–Trinajstić information content (AvgIpc) is 3.65. The van der Waals surface area contributed by atoms with E-state index in [1.54, 1.807) is 19.1 Å². The quantitative estimate of drug-likeness (QED) is 0.101. The van der Waals surface area contributed by atoms with Gasteiger partial charge in [0.25, 0.3) is 35.4 Å². The van der Waals surface area contributed by atoms with Gasteiger partial charge in [0, 0.05) is 17.3 Å². The molecule has 316 valence electrons. The molecule has 0 saturated carbocycles. The molecule has 19 heteroatoms. The summed E-state index contributed by atoms with van der Waals surface area (Å²) in [5, 5.41) is 5.04. The fraction of sp³-hybridized carbons (Fsp3) is 0.0909. The first kappa shape index (κ1) is 41.5. The number of carbonyl (C=O) groups is 6. The topological polar surface area (TPSA) is 185 Å². The molecule has 0 fully saturated rings. The van der Waals surface area contributed by atoms with Crippen molar-refractivity contribution in [3.63, 3.8) is 0 Å². The molecule has 0 spiro atoms. The van der Waals surface area contributed by atoms with Gasteiger partial charge in [0.15, 0.2) is 0 Å². The second-order valence-corrected chi connectivity index (χ2v) is 14.4. The van der Waals surface area contributed by atoms with Crippen molar-refractivity contribution in [3.8, 4) is 0 Å². The number of aryl methyl sites for hydroxylation is 1. The van der Waals surface area contributed by atoms with Crippen LogP contribution in [0.2, 0.25) is 0 Å². The molecule has 63 heavy (non-hydrogen) atoms. The summed E-state index contributed by atoms with van der Waals surface area (Å²) in [6, 6.07) is 18.2. The maximum Gasteiger partial charge on any atom is 0.411 e. The van der Waals surface area contributed by atoms with Crippen LogP contribution in [0.1, 0.15) is 78.8 Å². The van der Waals surface area contributed by atoms with Crippen molar-refractivity contribution in [1.82, 2.24) is 9.97 Å². The number of alkyl halides is 6. The van der Waals surface area contributed by atoms with Crippen LogP contribution in [0, 0.1) is 6.92 Å². The minimum Gasteiger partial charge on any atom is -0.397 e. The van der Waals surface area contributed by atoms with E-state index >= 15 is 26.3 Å². The number of carbonyl (C=O) groups excluding carboxylic acids is 6. The number of amides is 6. The molecular formula is C44H27F6N7O6. The Bertz CT molecular complexity index is 2700. The van der Waals surface area contributed by atoms with Crippen LogP contribution in [0.5, 0.6) is 0 Å². The molecule has 13 nitrogen and oxygen atoms in total. The zero-order valence-electron chi connectivity index (χ0n) is 32.1. The highest BCUT2D eigenvalue weighted by Gasteiger charge is 2.72. The number of nitrogens with two attached hydrogens (primary N) is 1. The Labute approximate surface area is 351 Å². The van der Waals surface area contributed by atoms with Crippen LogP contribution >= 0.6 is 0 Å². The van der Waals surface area contributed by atoms with Gasteiger partial charge in [-0.1, -0.05) is 30.3 Å². The fourth-order valence-electron chi connectivity index (χ4n) is 7.33. The van der Waals surface area contributed by atoms with Gasteiger partial charge < -0.3 is 16.4 Å². The lowest BCUT2D eigenvalue weighted by Crippen LogP contribution is -2.54. The van der Waals surface area contributed by atoms with Crippen molar-refractivity contribution in [3.05, 3.63) is 172 Å². The lowest BCUT2D eigenvalue weighted by Gasteiger charge is -2.38. The third kappa shape index (κ3) is 6.98. The number of nitrogen functional groups attached to an aromatic ring is 1. The summed E-state index contributed by atoms with van der Waals surface area (Å²) in [6.45, 7) is 1.79. The van der Waals surface area contributed by atoms with E-state index < -0.39 is 64.3 Å². The van der Waals surface area contributed by atoms with Crippen molar-refractivity contribution in [1.29, 1.82) is 0 Å². The van der Waals surface area contributed by atoms with Crippen LogP contribution in [-0.2, 0) is 5.41 Å². The number of fused-ring (bicyclic) bond motifs is 2. The minimum atomic E-state index is -6.05. The Morgan fingerprint density at radius 1 is 0.524 bits per heavy atom. The summed E-state index contributed by atoms with van der Waals surface area (Å²) in [7, 11) is 0. The molecule has 0 atom stereocenters. The largest absolute Gasteiger partial charge is 0.411 e. The summed E-state index contributed by atoms with van der Waals surface area (Å²) >= 11 is 0. The van der Waals surface area contributed by atoms with E-state index in [4.69, 9.17) is 5.73 Å². The molecule has 0 radical (unpaired) electrons. The van der Waals surface area contributed by atoms with Crippen LogP contribution in [0.3, 0.4) is 0 Å². The van der Waals surface area contributed by atoms with Gasteiger partial charge in [-0.25, -0.2) is 19.8 Å². The molecule has 4 heterocycles. The second kappa shape index (κ2) is 15.0. The monoisotopic (exact) mass is 863 g/mol. The first-order chi connectivity index (χ1) is 29.8. The number of nitrogens with one attached hydrogen (secondary N) is 2. The molecule has 4 aromatic carbocycles. The first-order valence-electron chi connectivity index (χ1n) is 18.5. The van der Waals surface area contributed by atoms with Crippen molar-refractivity contribution in [2.45, 2.75) is 24.7 Å². The van der Waals surface area contributed by atoms with E-state index in [0.29, 0.717) is 39.8 Å². The Balaban J connectivity index is 1.06. The van der Waals surface area contributed by atoms with E-state index in [1.165, 1.54) is 48.8 Å². The van der Waals surface area contributed by atoms with Gasteiger partial charge in [-0.15, -0.1) is 0 Å². The predicted octanol–water partition coefficient (Wildman–Crippen LogP) is 7.88. The van der Waals surface area contributed by atoms with Crippen LogP contribution in [0.15, 0.2) is 122 Å². The number of nitrogens with zero attached hydrogens (tertiary/aromatic N) is 4. The summed E-state index contributed by atoms with van der Waals surface area (Å²) in [4.78, 5) is 88.7. The van der Waals surface area contributed by atoms with Crippen LogP contribution < -0.4 is 26.2 Å². The van der Waals surface area contributed by atoms with E-state index in [2.05, 4.69) is 20.6 Å².